The van der Waals surface area contributed by atoms with Gasteiger partial charge in [-0.25, -0.2) is 9.67 Å². The first-order valence-electron chi connectivity index (χ1n) is 5.98. The van der Waals surface area contributed by atoms with E-state index in [1.165, 1.54) is 6.33 Å². The summed E-state index contributed by atoms with van der Waals surface area (Å²) in [5.74, 6) is -0.977. The van der Waals surface area contributed by atoms with Crippen LogP contribution in [0.3, 0.4) is 0 Å². The van der Waals surface area contributed by atoms with Crippen molar-refractivity contribution in [1.29, 1.82) is 0 Å². The molecule has 1 N–H and O–H groups in total. The summed E-state index contributed by atoms with van der Waals surface area (Å²) in [6.45, 7) is 0.606. The van der Waals surface area contributed by atoms with Crippen LogP contribution in [0.15, 0.2) is 37.2 Å². The number of pyridine rings is 1. The molecule has 2 atom stereocenters. The SMILES string of the molecule is OC[C@@H]1CO[C@@](Cn2cncn2)(c2cccnc2)O1. The fraction of sp³-hybridized carbons (Fsp3) is 0.417. The van der Waals surface area contributed by atoms with Crippen LogP contribution < -0.4 is 0 Å². The van der Waals surface area contributed by atoms with Gasteiger partial charge in [0.05, 0.1) is 13.2 Å². The third-order valence-corrected chi connectivity index (χ3v) is 3.00. The molecule has 2 aromatic rings. The minimum atomic E-state index is -0.977. The average Bonchev–Trinajstić information content (AvgIpc) is 3.10. The normalized spacial score (nSPS) is 26.7. The molecule has 1 saturated heterocycles. The predicted molar refractivity (Wildman–Crippen MR) is 63.8 cm³/mol. The summed E-state index contributed by atoms with van der Waals surface area (Å²) in [6, 6.07) is 3.70. The number of hydrogen-bond donors (Lipinski definition) is 1. The van der Waals surface area contributed by atoms with E-state index in [0.29, 0.717) is 13.2 Å². The van der Waals surface area contributed by atoms with E-state index in [1.807, 2.05) is 12.1 Å². The zero-order valence-corrected chi connectivity index (χ0v) is 10.2. The highest BCUT2D eigenvalue weighted by Gasteiger charge is 2.44. The molecule has 7 nitrogen and oxygen atoms in total. The number of hydrogen-bond acceptors (Lipinski definition) is 6. The Morgan fingerprint density at radius 2 is 2.42 bits per heavy atom. The quantitative estimate of drug-likeness (QED) is 0.830. The molecule has 0 radical (unpaired) electrons. The third-order valence-electron chi connectivity index (χ3n) is 3.00. The summed E-state index contributed by atoms with van der Waals surface area (Å²) >= 11 is 0. The van der Waals surface area contributed by atoms with Crippen LogP contribution in [0, 0.1) is 0 Å². The molecule has 3 heterocycles. The molecule has 0 bridgehead atoms. The molecule has 100 valence electrons. The average molecular weight is 262 g/mol. The number of rotatable bonds is 4. The second-order valence-electron chi connectivity index (χ2n) is 4.32. The van der Waals surface area contributed by atoms with Crippen molar-refractivity contribution in [3.05, 3.63) is 42.7 Å². The summed E-state index contributed by atoms with van der Waals surface area (Å²) < 4.78 is 13.3. The lowest BCUT2D eigenvalue weighted by Gasteiger charge is -2.27. The first-order valence-corrected chi connectivity index (χ1v) is 5.98. The van der Waals surface area contributed by atoms with E-state index in [2.05, 4.69) is 15.1 Å². The van der Waals surface area contributed by atoms with Crippen molar-refractivity contribution in [2.75, 3.05) is 13.2 Å². The lowest BCUT2D eigenvalue weighted by atomic mass is 10.1. The molecule has 7 heteroatoms. The molecular weight excluding hydrogens is 248 g/mol. The molecule has 1 aliphatic rings. The highest BCUT2D eigenvalue weighted by Crippen LogP contribution is 2.35. The molecule has 0 amide bonds. The topological polar surface area (TPSA) is 82.3 Å². The maximum atomic E-state index is 9.22. The molecule has 0 aliphatic carbocycles. The number of nitrogens with zero attached hydrogens (tertiary/aromatic N) is 4. The molecule has 0 spiro atoms. The van der Waals surface area contributed by atoms with Crippen LogP contribution in [-0.2, 0) is 21.8 Å². The Labute approximate surface area is 109 Å². The van der Waals surface area contributed by atoms with Crippen molar-refractivity contribution < 1.29 is 14.6 Å². The van der Waals surface area contributed by atoms with Crippen LogP contribution in [0.25, 0.3) is 0 Å². The second-order valence-corrected chi connectivity index (χ2v) is 4.32. The minimum absolute atomic E-state index is 0.0840. The zero-order valence-electron chi connectivity index (χ0n) is 10.2. The second kappa shape index (κ2) is 5.04. The highest BCUT2D eigenvalue weighted by molar-refractivity contribution is 5.16. The van der Waals surface area contributed by atoms with E-state index in [1.54, 1.807) is 23.4 Å². The summed E-state index contributed by atoms with van der Waals surface area (Å²) in [6.07, 6.45) is 6.08. The summed E-state index contributed by atoms with van der Waals surface area (Å²) in [4.78, 5) is 7.99. The molecule has 0 saturated carbocycles. The van der Waals surface area contributed by atoms with Crippen molar-refractivity contribution in [3.8, 4) is 0 Å². The van der Waals surface area contributed by atoms with Gasteiger partial charge in [-0.05, 0) is 6.07 Å². The largest absolute Gasteiger partial charge is 0.394 e. The highest BCUT2D eigenvalue weighted by atomic mass is 16.7. The molecule has 0 aromatic carbocycles. The standard InChI is InChI=1S/C12H14N4O3/c17-5-11-6-18-12(19-11,7-16-9-14-8-15-16)10-2-1-3-13-4-10/h1-4,8-9,11,17H,5-7H2/t11-,12-/m1/s1. The Morgan fingerprint density at radius 3 is 3.05 bits per heavy atom. The van der Waals surface area contributed by atoms with Gasteiger partial charge in [0.2, 0.25) is 5.79 Å². The summed E-state index contributed by atoms with van der Waals surface area (Å²) in [7, 11) is 0. The van der Waals surface area contributed by atoms with Crippen LogP contribution in [0.1, 0.15) is 5.56 Å². The van der Waals surface area contributed by atoms with Crippen molar-refractivity contribution in [1.82, 2.24) is 19.7 Å². The Bertz CT molecular complexity index is 519. The lowest BCUT2D eigenvalue weighted by molar-refractivity contribution is -0.191. The fourth-order valence-corrected chi connectivity index (χ4v) is 2.10. The van der Waals surface area contributed by atoms with Crippen LogP contribution in [0.4, 0.5) is 0 Å². The Balaban J connectivity index is 1.92. The van der Waals surface area contributed by atoms with E-state index in [-0.39, 0.29) is 12.7 Å². The fourth-order valence-electron chi connectivity index (χ4n) is 2.10. The minimum Gasteiger partial charge on any atom is -0.394 e. The van der Waals surface area contributed by atoms with Gasteiger partial charge in [0.1, 0.15) is 25.3 Å². The Morgan fingerprint density at radius 1 is 1.47 bits per heavy atom. The molecule has 1 aliphatic heterocycles. The van der Waals surface area contributed by atoms with Crippen molar-refractivity contribution in [2.45, 2.75) is 18.4 Å². The number of ether oxygens (including phenoxy) is 2. The molecule has 0 unspecified atom stereocenters. The van der Waals surface area contributed by atoms with Crippen LogP contribution in [0.5, 0.6) is 0 Å². The number of aromatic nitrogens is 4. The number of aliphatic hydroxyl groups is 1. The van der Waals surface area contributed by atoms with Crippen LogP contribution in [-0.4, -0.2) is 44.2 Å². The molecule has 2 aromatic heterocycles. The molecule has 3 rings (SSSR count). The Hall–Kier alpha value is -1.83. The van der Waals surface area contributed by atoms with Crippen molar-refractivity contribution >= 4 is 0 Å². The van der Waals surface area contributed by atoms with Gasteiger partial charge in [0.15, 0.2) is 0 Å². The van der Waals surface area contributed by atoms with Crippen LogP contribution >= 0.6 is 0 Å². The van der Waals surface area contributed by atoms with Gasteiger partial charge in [-0.3, -0.25) is 4.98 Å². The molecule has 19 heavy (non-hydrogen) atoms. The third kappa shape index (κ3) is 2.35. The van der Waals surface area contributed by atoms with E-state index in [0.717, 1.165) is 5.56 Å². The van der Waals surface area contributed by atoms with E-state index in [4.69, 9.17) is 9.47 Å². The lowest BCUT2D eigenvalue weighted by Crippen LogP contribution is -2.34. The van der Waals surface area contributed by atoms with E-state index in [9.17, 15) is 5.11 Å². The zero-order chi connectivity index (χ0) is 13.1. The van der Waals surface area contributed by atoms with Gasteiger partial charge in [-0.15, -0.1) is 0 Å². The van der Waals surface area contributed by atoms with Gasteiger partial charge in [-0.2, -0.15) is 5.10 Å². The summed E-state index contributed by atoms with van der Waals surface area (Å²) in [5, 5.41) is 13.3. The van der Waals surface area contributed by atoms with Gasteiger partial charge < -0.3 is 14.6 Å². The Kier molecular flexibility index (Phi) is 3.24. The first kappa shape index (κ1) is 12.2. The van der Waals surface area contributed by atoms with Crippen LogP contribution in [0.2, 0.25) is 0 Å². The van der Waals surface area contributed by atoms with Gasteiger partial charge in [0, 0.05) is 18.0 Å². The first-order chi connectivity index (χ1) is 9.32. The maximum absolute atomic E-state index is 9.22. The maximum Gasteiger partial charge on any atom is 0.217 e. The van der Waals surface area contributed by atoms with Crippen molar-refractivity contribution in [2.24, 2.45) is 0 Å². The predicted octanol–water partition coefficient (Wildman–Crippen LogP) is -0.0662. The number of aliphatic hydroxyl groups excluding tert-OH is 1. The van der Waals surface area contributed by atoms with Gasteiger partial charge in [-0.1, -0.05) is 6.07 Å². The van der Waals surface area contributed by atoms with Gasteiger partial charge >= 0.3 is 0 Å². The van der Waals surface area contributed by atoms with Crippen molar-refractivity contribution in [3.63, 3.8) is 0 Å². The van der Waals surface area contributed by atoms with Gasteiger partial charge in [0.25, 0.3) is 0 Å². The molecular formula is C12H14N4O3. The van der Waals surface area contributed by atoms with E-state index < -0.39 is 5.79 Å². The monoisotopic (exact) mass is 262 g/mol. The molecule has 1 fully saturated rings. The summed E-state index contributed by atoms with van der Waals surface area (Å²) in [5.41, 5.74) is 0.793. The smallest absolute Gasteiger partial charge is 0.217 e. The van der Waals surface area contributed by atoms with E-state index >= 15 is 0 Å².